The first-order valence-corrected chi connectivity index (χ1v) is 7.06. The first-order chi connectivity index (χ1) is 10.2. The van der Waals surface area contributed by atoms with Gasteiger partial charge in [0.05, 0.1) is 12.1 Å². The summed E-state index contributed by atoms with van der Waals surface area (Å²) in [5.41, 5.74) is 0.926. The Labute approximate surface area is 122 Å². The van der Waals surface area contributed by atoms with Gasteiger partial charge in [-0.3, -0.25) is 14.9 Å². The maximum atomic E-state index is 12.3. The Morgan fingerprint density at radius 3 is 3.10 bits per heavy atom. The van der Waals surface area contributed by atoms with Gasteiger partial charge < -0.3 is 10.2 Å². The minimum absolute atomic E-state index is 0.00934. The van der Waals surface area contributed by atoms with Gasteiger partial charge in [-0.2, -0.15) is 5.10 Å². The average molecular weight is 286 g/mol. The maximum absolute atomic E-state index is 12.3. The maximum Gasteiger partial charge on any atom is 0.230 e. The van der Waals surface area contributed by atoms with Gasteiger partial charge in [-0.25, -0.2) is 4.98 Å². The zero-order valence-corrected chi connectivity index (χ0v) is 11.9. The van der Waals surface area contributed by atoms with Gasteiger partial charge in [0.1, 0.15) is 5.82 Å². The van der Waals surface area contributed by atoms with Crippen LogP contribution in [-0.4, -0.2) is 39.2 Å². The molecule has 0 spiro atoms. The minimum Gasteiger partial charge on any atom is -0.355 e. The highest BCUT2D eigenvalue weighted by atomic mass is 16.2. The van der Waals surface area contributed by atoms with E-state index in [1.54, 1.807) is 18.6 Å². The van der Waals surface area contributed by atoms with Crippen LogP contribution < -0.4 is 10.2 Å². The number of aryl methyl sites for hydroxylation is 1. The number of piperidine rings is 1. The van der Waals surface area contributed by atoms with Crippen LogP contribution in [0, 0.1) is 12.8 Å². The van der Waals surface area contributed by atoms with Crippen LogP contribution in [0.25, 0.3) is 0 Å². The van der Waals surface area contributed by atoms with Crippen molar-refractivity contribution < 1.29 is 4.79 Å². The number of hydrogen-bond acceptors (Lipinski definition) is 5. The van der Waals surface area contributed by atoms with Gasteiger partial charge in [0.2, 0.25) is 5.91 Å². The fourth-order valence-corrected chi connectivity index (χ4v) is 2.56. The largest absolute Gasteiger partial charge is 0.355 e. The molecule has 1 fully saturated rings. The third kappa shape index (κ3) is 3.18. The van der Waals surface area contributed by atoms with E-state index in [-0.39, 0.29) is 11.8 Å². The van der Waals surface area contributed by atoms with Crippen LogP contribution in [0.2, 0.25) is 0 Å². The molecule has 0 aliphatic carbocycles. The van der Waals surface area contributed by atoms with Gasteiger partial charge >= 0.3 is 0 Å². The number of aromatic amines is 1. The molecule has 0 aromatic carbocycles. The van der Waals surface area contributed by atoms with Crippen LogP contribution >= 0.6 is 0 Å². The van der Waals surface area contributed by atoms with E-state index in [0.29, 0.717) is 12.4 Å². The molecule has 110 valence electrons. The molecule has 3 heterocycles. The quantitative estimate of drug-likeness (QED) is 0.889. The fraction of sp³-hybridized carbons (Fsp3) is 0.429. The number of amides is 1. The van der Waals surface area contributed by atoms with Gasteiger partial charge in [0.25, 0.3) is 0 Å². The molecule has 7 nitrogen and oxygen atoms in total. The second-order valence-corrected chi connectivity index (χ2v) is 5.27. The van der Waals surface area contributed by atoms with E-state index in [2.05, 4.69) is 30.4 Å². The Morgan fingerprint density at radius 2 is 2.38 bits per heavy atom. The zero-order valence-electron chi connectivity index (χ0n) is 11.9. The van der Waals surface area contributed by atoms with Crippen molar-refractivity contribution in [2.24, 2.45) is 5.92 Å². The molecule has 21 heavy (non-hydrogen) atoms. The van der Waals surface area contributed by atoms with Gasteiger partial charge in [0, 0.05) is 37.2 Å². The summed E-state index contributed by atoms with van der Waals surface area (Å²) < 4.78 is 0. The third-order valence-electron chi connectivity index (χ3n) is 3.62. The Hall–Kier alpha value is -2.44. The molecule has 1 aliphatic heterocycles. The SMILES string of the molecule is Cc1cc(NC(=O)C2CCCN(c3cnccn3)C2)n[nH]1. The predicted molar refractivity (Wildman–Crippen MR) is 78.9 cm³/mol. The summed E-state index contributed by atoms with van der Waals surface area (Å²) in [4.78, 5) is 22.8. The number of rotatable bonds is 3. The van der Waals surface area contributed by atoms with Crippen molar-refractivity contribution in [1.29, 1.82) is 0 Å². The molecular weight excluding hydrogens is 268 g/mol. The Balaban J connectivity index is 1.64. The van der Waals surface area contributed by atoms with Crippen molar-refractivity contribution in [2.75, 3.05) is 23.3 Å². The summed E-state index contributed by atoms with van der Waals surface area (Å²) in [6.07, 6.45) is 6.90. The molecule has 2 N–H and O–H groups in total. The number of carbonyl (C=O) groups is 1. The van der Waals surface area contributed by atoms with E-state index < -0.39 is 0 Å². The number of hydrogen-bond donors (Lipinski definition) is 2. The van der Waals surface area contributed by atoms with E-state index in [9.17, 15) is 4.79 Å². The van der Waals surface area contributed by atoms with Gasteiger partial charge in [-0.05, 0) is 19.8 Å². The summed E-state index contributed by atoms with van der Waals surface area (Å²) in [5, 5.41) is 9.71. The third-order valence-corrected chi connectivity index (χ3v) is 3.62. The van der Waals surface area contributed by atoms with Crippen molar-refractivity contribution >= 4 is 17.5 Å². The molecule has 7 heteroatoms. The van der Waals surface area contributed by atoms with Crippen molar-refractivity contribution in [3.63, 3.8) is 0 Å². The number of nitrogens with one attached hydrogen (secondary N) is 2. The normalized spacial score (nSPS) is 18.5. The lowest BCUT2D eigenvalue weighted by Crippen LogP contribution is -2.41. The minimum atomic E-state index is -0.0576. The van der Waals surface area contributed by atoms with Gasteiger partial charge in [-0.15, -0.1) is 0 Å². The Kier molecular flexibility index (Phi) is 3.81. The smallest absolute Gasteiger partial charge is 0.230 e. The molecule has 1 unspecified atom stereocenters. The lowest BCUT2D eigenvalue weighted by molar-refractivity contribution is -0.120. The molecular formula is C14H18N6O. The topological polar surface area (TPSA) is 86.8 Å². The standard InChI is InChI=1S/C14H18N6O/c1-10-7-12(19-18-10)17-14(21)11-3-2-6-20(9-11)13-8-15-4-5-16-13/h4-5,7-8,11H,2-3,6,9H2,1H3,(H2,17,18,19,21). The van der Waals surface area contributed by atoms with Crippen LogP contribution in [0.5, 0.6) is 0 Å². The molecule has 2 aromatic heterocycles. The summed E-state index contributed by atoms with van der Waals surface area (Å²) in [6.45, 7) is 3.47. The molecule has 1 saturated heterocycles. The van der Waals surface area contributed by atoms with Gasteiger partial charge in [-0.1, -0.05) is 0 Å². The van der Waals surface area contributed by atoms with Crippen molar-refractivity contribution in [1.82, 2.24) is 20.2 Å². The highest BCUT2D eigenvalue weighted by Gasteiger charge is 2.27. The molecule has 1 amide bonds. The van der Waals surface area contributed by atoms with Crippen LogP contribution in [0.15, 0.2) is 24.7 Å². The van der Waals surface area contributed by atoms with Crippen LogP contribution in [0.4, 0.5) is 11.6 Å². The molecule has 1 aliphatic rings. The first-order valence-electron chi connectivity index (χ1n) is 7.06. The summed E-state index contributed by atoms with van der Waals surface area (Å²) in [6, 6.07) is 1.82. The van der Waals surface area contributed by atoms with Gasteiger partial charge in [0.15, 0.2) is 5.82 Å². The summed E-state index contributed by atoms with van der Waals surface area (Å²) in [5.74, 6) is 1.35. The number of nitrogens with zero attached hydrogens (tertiary/aromatic N) is 4. The molecule has 0 bridgehead atoms. The summed E-state index contributed by atoms with van der Waals surface area (Å²) in [7, 11) is 0. The highest BCUT2D eigenvalue weighted by molar-refractivity contribution is 5.92. The number of carbonyl (C=O) groups excluding carboxylic acids is 1. The molecule has 1 atom stereocenters. The van der Waals surface area contributed by atoms with E-state index in [0.717, 1.165) is 30.9 Å². The summed E-state index contributed by atoms with van der Waals surface area (Å²) >= 11 is 0. The highest BCUT2D eigenvalue weighted by Crippen LogP contribution is 2.22. The number of aromatic nitrogens is 4. The van der Waals surface area contributed by atoms with Crippen molar-refractivity contribution in [2.45, 2.75) is 19.8 Å². The van der Waals surface area contributed by atoms with Crippen molar-refractivity contribution in [3.8, 4) is 0 Å². The first kappa shape index (κ1) is 13.5. The number of anilines is 2. The molecule has 3 rings (SSSR count). The molecule has 0 saturated carbocycles. The van der Waals surface area contributed by atoms with Crippen LogP contribution in [-0.2, 0) is 4.79 Å². The Morgan fingerprint density at radius 1 is 1.48 bits per heavy atom. The van der Waals surface area contributed by atoms with Crippen LogP contribution in [0.3, 0.4) is 0 Å². The zero-order chi connectivity index (χ0) is 14.7. The molecule has 0 radical (unpaired) electrons. The fourth-order valence-electron chi connectivity index (χ4n) is 2.56. The van der Waals surface area contributed by atoms with Crippen molar-refractivity contribution in [3.05, 3.63) is 30.4 Å². The van der Waals surface area contributed by atoms with E-state index in [4.69, 9.17) is 0 Å². The molecule has 2 aromatic rings. The average Bonchev–Trinajstić information content (AvgIpc) is 2.93. The Bertz CT molecular complexity index is 611. The monoisotopic (exact) mass is 286 g/mol. The number of H-pyrrole nitrogens is 1. The second kappa shape index (κ2) is 5.90. The van der Waals surface area contributed by atoms with E-state index in [1.807, 2.05) is 13.0 Å². The lowest BCUT2D eigenvalue weighted by Gasteiger charge is -2.32. The van der Waals surface area contributed by atoms with E-state index in [1.165, 1.54) is 0 Å². The van der Waals surface area contributed by atoms with Crippen LogP contribution in [0.1, 0.15) is 18.5 Å². The predicted octanol–water partition coefficient (Wildman–Crippen LogP) is 1.36. The van der Waals surface area contributed by atoms with E-state index >= 15 is 0 Å². The second-order valence-electron chi connectivity index (χ2n) is 5.27. The lowest BCUT2D eigenvalue weighted by atomic mass is 9.97.